The number of nitrogens with zero attached hydrogens (tertiary/aromatic N) is 1. The highest BCUT2D eigenvalue weighted by Gasteiger charge is 2.21. The number of halogens is 2. The van der Waals surface area contributed by atoms with E-state index in [9.17, 15) is 0 Å². The van der Waals surface area contributed by atoms with Crippen LogP contribution in [0.25, 0.3) is 11.1 Å². The summed E-state index contributed by atoms with van der Waals surface area (Å²) in [6, 6.07) is 5.43. The summed E-state index contributed by atoms with van der Waals surface area (Å²) in [7, 11) is 0. The monoisotopic (exact) mass is 335 g/mol. The molecule has 0 atom stereocenters. The lowest BCUT2D eigenvalue weighted by Crippen LogP contribution is -2.04. The van der Waals surface area contributed by atoms with Crippen LogP contribution in [0.15, 0.2) is 24.4 Å². The summed E-state index contributed by atoms with van der Waals surface area (Å²) in [5.74, 6) is 1.26. The van der Waals surface area contributed by atoms with Gasteiger partial charge in [-0.3, -0.25) is 0 Å². The Morgan fingerprint density at radius 3 is 2.64 bits per heavy atom. The number of nitrogen functional groups attached to an aromatic ring is 2. The normalized spacial score (nSPS) is 14.3. The van der Waals surface area contributed by atoms with Crippen LogP contribution in [0.1, 0.15) is 31.2 Å². The van der Waals surface area contributed by atoms with E-state index in [0.29, 0.717) is 21.6 Å². The van der Waals surface area contributed by atoms with Crippen molar-refractivity contribution in [1.82, 2.24) is 4.98 Å². The maximum absolute atomic E-state index is 6.35. The Morgan fingerprint density at radius 1 is 1.18 bits per heavy atom. The van der Waals surface area contributed by atoms with Crippen molar-refractivity contribution in [3.8, 4) is 11.1 Å². The fourth-order valence-corrected chi connectivity index (χ4v) is 3.27. The van der Waals surface area contributed by atoms with E-state index in [2.05, 4.69) is 4.98 Å². The molecule has 22 heavy (non-hydrogen) atoms. The van der Waals surface area contributed by atoms with Crippen LogP contribution in [0.5, 0.6) is 0 Å². The van der Waals surface area contributed by atoms with Gasteiger partial charge in [0.25, 0.3) is 0 Å². The lowest BCUT2D eigenvalue weighted by atomic mass is 9.95. The van der Waals surface area contributed by atoms with Crippen molar-refractivity contribution in [2.75, 3.05) is 11.5 Å². The largest absolute Gasteiger partial charge is 0.395 e. The molecule has 0 radical (unpaired) electrons. The molecule has 116 valence electrons. The average molecular weight is 336 g/mol. The van der Waals surface area contributed by atoms with Crippen molar-refractivity contribution in [2.24, 2.45) is 5.92 Å². The number of aromatic nitrogens is 1. The molecule has 0 spiro atoms. The quantitative estimate of drug-likeness (QED) is 0.812. The lowest BCUT2D eigenvalue weighted by Gasteiger charge is -2.15. The van der Waals surface area contributed by atoms with Crippen molar-refractivity contribution in [1.29, 1.82) is 0 Å². The summed E-state index contributed by atoms with van der Waals surface area (Å²) >= 11 is 12.3. The zero-order valence-corrected chi connectivity index (χ0v) is 13.8. The van der Waals surface area contributed by atoms with E-state index < -0.39 is 0 Å². The topological polar surface area (TPSA) is 64.9 Å². The molecule has 4 N–H and O–H groups in total. The Hall–Kier alpha value is -1.45. The molecule has 1 heterocycles. The zero-order chi connectivity index (χ0) is 15.7. The van der Waals surface area contributed by atoms with Gasteiger partial charge < -0.3 is 11.5 Å². The minimum atomic E-state index is 0.340. The first-order valence-electron chi connectivity index (χ1n) is 7.54. The van der Waals surface area contributed by atoms with Crippen molar-refractivity contribution in [2.45, 2.75) is 32.1 Å². The number of rotatable bonds is 5. The van der Waals surface area contributed by atoms with Crippen LogP contribution in [-0.4, -0.2) is 4.98 Å². The van der Waals surface area contributed by atoms with Gasteiger partial charge in [-0.25, -0.2) is 4.98 Å². The molecule has 3 nitrogen and oxygen atoms in total. The second kappa shape index (κ2) is 6.35. The molecule has 1 aromatic heterocycles. The van der Waals surface area contributed by atoms with Crippen LogP contribution >= 0.6 is 23.2 Å². The molecular formula is C17H19Cl2N3. The molecule has 0 amide bonds. The minimum absolute atomic E-state index is 0.340. The molecule has 0 saturated heterocycles. The van der Waals surface area contributed by atoms with Gasteiger partial charge in [0, 0.05) is 27.4 Å². The first kappa shape index (κ1) is 15.4. The predicted molar refractivity (Wildman–Crippen MR) is 94.2 cm³/mol. The second-order valence-electron chi connectivity index (χ2n) is 5.92. The molecule has 0 unspecified atom stereocenters. The van der Waals surface area contributed by atoms with Crippen molar-refractivity contribution in [3.63, 3.8) is 0 Å². The second-order valence-corrected chi connectivity index (χ2v) is 6.76. The van der Waals surface area contributed by atoms with Crippen LogP contribution < -0.4 is 11.5 Å². The van der Waals surface area contributed by atoms with E-state index in [4.69, 9.17) is 34.7 Å². The van der Waals surface area contributed by atoms with E-state index in [0.717, 1.165) is 35.4 Å². The van der Waals surface area contributed by atoms with E-state index >= 15 is 0 Å². The van der Waals surface area contributed by atoms with Gasteiger partial charge in [0.05, 0.1) is 5.69 Å². The highest BCUT2D eigenvalue weighted by atomic mass is 35.5. The number of benzene rings is 1. The summed E-state index contributed by atoms with van der Waals surface area (Å²) in [5.41, 5.74) is 15.4. The van der Waals surface area contributed by atoms with Gasteiger partial charge in [-0.2, -0.15) is 0 Å². The molecule has 1 fully saturated rings. The standard InChI is InChI=1S/C17H19Cl2N3/c18-12-6-7-13(14(19)8-12)15-11(3-1-2-10-4-5-10)9-22-17(21)16(15)20/h6-10H,1-5,20H2,(H2,21,22). The summed E-state index contributed by atoms with van der Waals surface area (Å²) in [5, 5.41) is 1.18. The number of hydrogen-bond donors (Lipinski definition) is 2. The van der Waals surface area contributed by atoms with Crippen molar-refractivity contribution >= 4 is 34.7 Å². The molecule has 1 aliphatic carbocycles. The third kappa shape index (κ3) is 3.31. The Morgan fingerprint density at radius 2 is 1.95 bits per heavy atom. The molecule has 2 aromatic rings. The van der Waals surface area contributed by atoms with E-state index in [1.807, 2.05) is 18.3 Å². The Kier molecular flexibility index (Phi) is 4.46. The van der Waals surface area contributed by atoms with Gasteiger partial charge >= 0.3 is 0 Å². The average Bonchev–Trinajstić information content (AvgIpc) is 3.28. The van der Waals surface area contributed by atoms with Crippen LogP contribution in [0.2, 0.25) is 10.0 Å². The third-order valence-electron chi connectivity index (χ3n) is 4.18. The molecule has 5 heteroatoms. The fraction of sp³-hybridized carbons (Fsp3) is 0.353. The predicted octanol–water partition coefficient (Wildman–Crippen LogP) is 4.95. The van der Waals surface area contributed by atoms with Crippen molar-refractivity contribution in [3.05, 3.63) is 40.0 Å². The fourth-order valence-electron chi connectivity index (χ4n) is 2.77. The molecule has 1 aromatic carbocycles. The van der Waals surface area contributed by atoms with Gasteiger partial charge in [-0.15, -0.1) is 0 Å². The smallest absolute Gasteiger partial charge is 0.147 e. The highest BCUT2D eigenvalue weighted by molar-refractivity contribution is 6.36. The van der Waals surface area contributed by atoms with Gasteiger partial charge in [0.2, 0.25) is 0 Å². The van der Waals surface area contributed by atoms with Crippen LogP contribution in [-0.2, 0) is 6.42 Å². The van der Waals surface area contributed by atoms with Crippen LogP contribution in [0.3, 0.4) is 0 Å². The lowest BCUT2D eigenvalue weighted by molar-refractivity contribution is 0.666. The Bertz CT molecular complexity index is 697. The van der Waals surface area contributed by atoms with E-state index in [1.165, 1.54) is 19.3 Å². The van der Waals surface area contributed by atoms with Crippen LogP contribution in [0, 0.1) is 5.92 Å². The summed E-state index contributed by atoms with van der Waals surface area (Å²) < 4.78 is 0. The van der Waals surface area contributed by atoms with Gasteiger partial charge in [0.1, 0.15) is 5.82 Å². The summed E-state index contributed by atoms with van der Waals surface area (Å²) in [6.07, 6.45) is 7.89. The number of hydrogen-bond acceptors (Lipinski definition) is 3. The molecule has 1 saturated carbocycles. The molecule has 0 aliphatic heterocycles. The van der Waals surface area contributed by atoms with Crippen molar-refractivity contribution < 1.29 is 0 Å². The minimum Gasteiger partial charge on any atom is -0.395 e. The highest BCUT2D eigenvalue weighted by Crippen LogP contribution is 2.39. The first-order valence-corrected chi connectivity index (χ1v) is 8.30. The van der Waals surface area contributed by atoms with Gasteiger partial charge in [-0.1, -0.05) is 48.5 Å². The number of pyridine rings is 1. The maximum atomic E-state index is 6.35. The zero-order valence-electron chi connectivity index (χ0n) is 12.3. The molecule has 3 rings (SSSR count). The summed E-state index contributed by atoms with van der Waals surface area (Å²) in [6.45, 7) is 0. The number of aryl methyl sites for hydroxylation is 1. The molecule has 1 aliphatic rings. The summed E-state index contributed by atoms with van der Waals surface area (Å²) in [4.78, 5) is 4.21. The SMILES string of the molecule is Nc1ncc(CCCC2CC2)c(-c2ccc(Cl)cc2Cl)c1N. The Labute approximate surface area is 140 Å². The van der Waals surface area contributed by atoms with E-state index in [1.54, 1.807) is 6.07 Å². The molecule has 0 bridgehead atoms. The van der Waals surface area contributed by atoms with E-state index in [-0.39, 0.29) is 0 Å². The van der Waals surface area contributed by atoms with Gasteiger partial charge in [0.15, 0.2) is 0 Å². The molecular weight excluding hydrogens is 317 g/mol. The maximum Gasteiger partial charge on any atom is 0.147 e. The Balaban J connectivity index is 1.97. The third-order valence-corrected chi connectivity index (χ3v) is 4.73. The van der Waals surface area contributed by atoms with Crippen LogP contribution in [0.4, 0.5) is 11.5 Å². The van der Waals surface area contributed by atoms with Gasteiger partial charge in [-0.05, 0) is 36.5 Å². The number of anilines is 2. The first-order chi connectivity index (χ1) is 10.6. The number of nitrogens with two attached hydrogens (primary N) is 2.